The summed E-state index contributed by atoms with van der Waals surface area (Å²) in [4.78, 5) is 12.3. The summed E-state index contributed by atoms with van der Waals surface area (Å²) >= 11 is 0. The highest BCUT2D eigenvalue weighted by atomic mass is 32.2. The minimum absolute atomic E-state index is 0.0171. The topological polar surface area (TPSA) is 66.5 Å². The molecule has 2 rings (SSSR count). The summed E-state index contributed by atoms with van der Waals surface area (Å²) in [6, 6.07) is 0.331. The molecule has 21 heavy (non-hydrogen) atoms. The first-order valence-corrected chi connectivity index (χ1v) is 9.92. The van der Waals surface area contributed by atoms with Crippen LogP contribution in [0, 0.1) is 5.92 Å². The van der Waals surface area contributed by atoms with Crippen molar-refractivity contribution >= 4 is 15.9 Å². The van der Waals surface area contributed by atoms with Gasteiger partial charge < -0.3 is 5.32 Å². The highest BCUT2D eigenvalue weighted by Crippen LogP contribution is 2.22. The number of piperidine rings is 1. The Balaban J connectivity index is 1.80. The maximum atomic E-state index is 12.3. The lowest BCUT2D eigenvalue weighted by molar-refractivity contribution is -0.126. The largest absolute Gasteiger partial charge is 0.353 e. The van der Waals surface area contributed by atoms with Gasteiger partial charge in [0.05, 0.1) is 5.75 Å². The Bertz CT molecular complexity index is 434. The van der Waals surface area contributed by atoms with Crippen LogP contribution in [0.4, 0.5) is 0 Å². The quantitative estimate of drug-likeness (QED) is 0.805. The molecular formula is C15H28N2O3S. The molecule has 0 spiro atoms. The molecule has 1 aliphatic heterocycles. The average Bonchev–Trinajstić information content (AvgIpc) is 2.76. The van der Waals surface area contributed by atoms with E-state index in [1.165, 1.54) is 30.0 Å². The Morgan fingerprint density at radius 1 is 1.05 bits per heavy atom. The van der Waals surface area contributed by atoms with E-state index < -0.39 is 10.0 Å². The fourth-order valence-electron chi connectivity index (χ4n) is 3.32. The molecule has 1 amide bonds. The molecule has 1 heterocycles. The molecule has 5 nitrogen and oxygen atoms in total. The average molecular weight is 316 g/mol. The maximum absolute atomic E-state index is 12.3. The number of hydrogen-bond acceptors (Lipinski definition) is 3. The van der Waals surface area contributed by atoms with Crippen molar-refractivity contribution in [3.63, 3.8) is 0 Å². The van der Waals surface area contributed by atoms with E-state index >= 15 is 0 Å². The van der Waals surface area contributed by atoms with Gasteiger partial charge in [-0.2, -0.15) is 0 Å². The van der Waals surface area contributed by atoms with Gasteiger partial charge in [-0.15, -0.1) is 0 Å². The molecule has 0 aromatic rings. The minimum atomic E-state index is -3.10. The summed E-state index contributed by atoms with van der Waals surface area (Å²) in [5.41, 5.74) is 0. The van der Waals surface area contributed by atoms with E-state index in [4.69, 9.17) is 0 Å². The Morgan fingerprint density at radius 3 is 2.14 bits per heavy atom. The second-order valence-corrected chi connectivity index (χ2v) is 8.53. The van der Waals surface area contributed by atoms with E-state index in [-0.39, 0.29) is 17.6 Å². The Kier molecular flexibility index (Phi) is 6.05. The number of nitrogens with one attached hydrogen (secondary N) is 1. The molecule has 0 aromatic heterocycles. The summed E-state index contributed by atoms with van der Waals surface area (Å²) in [5.74, 6) is 0.262. The van der Waals surface area contributed by atoms with E-state index in [0.717, 1.165) is 12.8 Å². The molecule has 2 fully saturated rings. The number of hydrogen-bond donors (Lipinski definition) is 1. The molecule has 0 bridgehead atoms. The Morgan fingerprint density at radius 2 is 1.62 bits per heavy atom. The van der Waals surface area contributed by atoms with Crippen LogP contribution in [0.1, 0.15) is 58.3 Å². The summed E-state index contributed by atoms with van der Waals surface area (Å²) < 4.78 is 25.2. The van der Waals surface area contributed by atoms with Crippen molar-refractivity contribution in [2.45, 2.75) is 64.3 Å². The van der Waals surface area contributed by atoms with Gasteiger partial charge in [0.2, 0.25) is 15.9 Å². The first-order chi connectivity index (χ1) is 10.0. The normalized spacial score (nSPS) is 23.7. The van der Waals surface area contributed by atoms with Gasteiger partial charge in [0, 0.05) is 25.0 Å². The van der Waals surface area contributed by atoms with E-state index in [9.17, 15) is 13.2 Å². The van der Waals surface area contributed by atoms with Crippen LogP contribution in [-0.2, 0) is 14.8 Å². The molecule has 0 unspecified atom stereocenters. The van der Waals surface area contributed by atoms with Crippen LogP contribution in [0.2, 0.25) is 0 Å². The van der Waals surface area contributed by atoms with Crippen molar-refractivity contribution in [2.75, 3.05) is 18.8 Å². The summed E-state index contributed by atoms with van der Waals surface area (Å²) in [5, 5.41) is 3.19. The van der Waals surface area contributed by atoms with Gasteiger partial charge in [0.25, 0.3) is 0 Å². The first-order valence-electron chi connectivity index (χ1n) is 8.31. The van der Waals surface area contributed by atoms with Crippen molar-refractivity contribution in [3.05, 3.63) is 0 Å². The zero-order valence-corrected chi connectivity index (χ0v) is 13.8. The lowest BCUT2D eigenvalue weighted by Crippen LogP contribution is -2.45. The summed E-state index contributed by atoms with van der Waals surface area (Å²) in [7, 11) is -3.10. The predicted octanol–water partition coefficient (Wildman–Crippen LogP) is 1.89. The van der Waals surface area contributed by atoms with Crippen molar-refractivity contribution in [3.8, 4) is 0 Å². The second kappa shape index (κ2) is 7.58. The van der Waals surface area contributed by atoms with Gasteiger partial charge in [-0.25, -0.2) is 12.7 Å². The van der Waals surface area contributed by atoms with Gasteiger partial charge in [0.15, 0.2) is 0 Å². The third-order valence-corrected chi connectivity index (χ3v) is 6.67. The third-order valence-electron chi connectivity index (χ3n) is 4.78. The van der Waals surface area contributed by atoms with Crippen LogP contribution in [-0.4, -0.2) is 43.5 Å². The van der Waals surface area contributed by atoms with Crippen LogP contribution in [0.25, 0.3) is 0 Å². The minimum Gasteiger partial charge on any atom is -0.353 e. The van der Waals surface area contributed by atoms with E-state index in [0.29, 0.717) is 32.0 Å². The SMILES string of the molecule is CCS(=O)(=O)N1CCC(C(=O)NC2CCCCCC2)CC1. The van der Waals surface area contributed by atoms with E-state index in [2.05, 4.69) is 5.32 Å². The molecule has 1 saturated carbocycles. The zero-order valence-electron chi connectivity index (χ0n) is 13.0. The Hall–Kier alpha value is -0.620. The van der Waals surface area contributed by atoms with Crippen LogP contribution >= 0.6 is 0 Å². The van der Waals surface area contributed by atoms with Gasteiger partial charge in [-0.3, -0.25) is 4.79 Å². The van der Waals surface area contributed by atoms with E-state index in [1.54, 1.807) is 6.92 Å². The van der Waals surface area contributed by atoms with Gasteiger partial charge in [-0.05, 0) is 32.6 Å². The number of nitrogens with zero attached hydrogens (tertiary/aromatic N) is 1. The molecule has 1 N–H and O–H groups in total. The predicted molar refractivity (Wildman–Crippen MR) is 83.4 cm³/mol. The van der Waals surface area contributed by atoms with Crippen molar-refractivity contribution in [2.24, 2.45) is 5.92 Å². The summed E-state index contributed by atoms with van der Waals surface area (Å²) in [6.07, 6.45) is 8.45. The second-order valence-electron chi connectivity index (χ2n) is 6.27. The smallest absolute Gasteiger partial charge is 0.223 e. The maximum Gasteiger partial charge on any atom is 0.223 e. The van der Waals surface area contributed by atoms with E-state index in [1.807, 2.05) is 0 Å². The molecule has 0 radical (unpaired) electrons. The van der Waals surface area contributed by atoms with Crippen LogP contribution < -0.4 is 5.32 Å². The molecule has 0 aromatic carbocycles. The molecule has 6 heteroatoms. The first kappa shape index (κ1) is 16.7. The van der Waals surface area contributed by atoms with Crippen molar-refractivity contribution < 1.29 is 13.2 Å². The number of sulfonamides is 1. The van der Waals surface area contributed by atoms with Gasteiger partial charge in [0.1, 0.15) is 0 Å². The summed E-state index contributed by atoms with van der Waals surface area (Å²) in [6.45, 7) is 2.64. The number of carbonyl (C=O) groups is 1. The fourth-order valence-corrected chi connectivity index (χ4v) is 4.45. The molecule has 2 aliphatic rings. The number of amides is 1. The molecule has 1 aliphatic carbocycles. The molecule has 1 saturated heterocycles. The molecular weight excluding hydrogens is 288 g/mol. The zero-order chi connectivity index (χ0) is 15.3. The van der Waals surface area contributed by atoms with Gasteiger partial charge in [-0.1, -0.05) is 25.7 Å². The highest BCUT2D eigenvalue weighted by Gasteiger charge is 2.30. The third kappa shape index (κ3) is 4.68. The van der Waals surface area contributed by atoms with Crippen LogP contribution in [0.3, 0.4) is 0 Å². The number of rotatable bonds is 4. The molecule has 122 valence electrons. The monoisotopic (exact) mass is 316 g/mol. The van der Waals surface area contributed by atoms with Crippen LogP contribution in [0.15, 0.2) is 0 Å². The van der Waals surface area contributed by atoms with Gasteiger partial charge >= 0.3 is 0 Å². The van der Waals surface area contributed by atoms with Crippen molar-refractivity contribution in [1.82, 2.24) is 9.62 Å². The Labute approximate surface area is 128 Å². The van der Waals surface area contributed by atoms with Crippen molar-refractivity contribution in [1.29, 1.82) is 0 Å². The number of carbonyl (C=O) groups excluding carboxylic acids is 1. The highest BCUT2D eigenvalue weighted by molar-refractivity contribution is 7.89. The molecule has 0 atom stereocenters. The standard InChI is InChI=1S/C15H28N2O3S/c1-2-21(19,20)17-11-9-13(10-12-17)15(18)16-14-7-5-3-4-6-8-14/h13-14H,2-12H2,1H3,(H,16,18). The fraction of sp³-hybridized carbons (Fsp3) is 0.933. The lowest BCUT2D eigenvalue weighted by atomic mass is 9.96. The van der Waals surface area contributed by atoms with Crippen LogP contribution in [0.5, 0.6) is 0 Å². The lowest BCUT2D eigenvalue weighted by Gasteiger charge is -2.31.